The Morgan fingerprint density at radius 1 is 1.64 bits per heavy atom. The zero-order valence-corrected chi connectivity index (χ0v) is 6.22. The maximum Gasteiger partial charge on any atom is 0.377 e. The van der Waals surface area contributed by atoms with Crippen molar-refractivity contribution in [3.05, 3.63) is 5.82 Å². The SMILES string of the molecule is CC(C)n1nnc(C(=O)O)n1. The lowest BCUT2D eigenvalue weighted by atomic mass is 10.4. The minimum absolute atomic E-state index is 0.0376. The van der Waals surface area contributed by atoms with E-state index in [2.05, 4.69) is 15.4 Å². The fourth-order valence-corrected chi connectivity index (χ4v) is 0.530. The van der Waals surface area contributed by atoms with Crippen molar-refractivity contribution in [2.75, 3.05) is 0 Å². The standard InChI is InChI=1S/C5H8N4O2/c1-3(2)9-7-4(5(10)11)6-8-9/h3H,1-2H3,(H,10,11). The summed E-state index contributed by atoms with van der Waals surface area (Å²) in [7, 11) is 0. The molecule has 1 aromatic rings. The van der Waals surface area contributed by atoms with Gasteiger partial charge >= 0.3 is 5.97 Å². The molecule has 1 heterocycles. The average molecular weight is 156 g/mol. The molecule has 1 rings (SSSR count). The van der Waals surface area contributed by atoms with Crippen LogP contribution in [0.3, 0.4) is 0 Å². The molecule has 11 heavy (non-hydrogen) atoms. The molecular weight excluding hydrogens is 148 g/mol. The van der Waals surface area contributed by atoms with Gasteiger partial charge in [-0.3, -0.25) is 0 Å². The molecule has 6 nitrogen and oxygen atoms in total. The molecule has 1 N–H and O–H groups in total. The van der Waals surface area contributed by atoms with Crippen molar-refractivity contribution < 1.29 is 9.90 Å². The van der Waals surface area contributed by atoms with Crippen molar-refractivity contribution in [1.82, 2.24) is 20.2 Å². The molecule has 0 fully saturated rings. The first-order valence-corrected chi connectivity index (χ1v) is 3.14. The summed E-state index contributed by atoms with van der Waals surface area (Å²) in [5, 5.41) is 18.9. The first-order valence-electron chi connectivity index (χ1n) is 3.14. The molecule has 0 amide bonds. The van der Waals surface area contributed by atoms with E-state index in [1.165, 1.54) is 4.80 Å². The van der Waals surface area contributed by atoms with Crippen LogP contribution in [0.25, 0.3) is 0 Å². The molecule has 0 saturated carbocycles. The van der Waals surface area contributed by atoms with Crippen LogP contribution in [0.1, 0.15) is 30.5 Å². The van der Waals surface area contributed by atoms with Crippen LogP contribution in [-0.2, 0) is 0 Å². The highest BCUT2D eigenvalue weighted by Gasteiger charge is 2.11. The number of nitrogens with zero attached hydrogens (tertiary/aromatic N) is 4. The number of tetrazole rings is 1. The van der Waals surface area contributed by atoms with Crippen molar-refractivity contribution in [1.29, 1.82) is 0 Å². The van der Waals surface area contributed by atoms with Gasteiger partial charge in [0.2, 0.25) is 0 Å². The molecule has 60 valence electrons. The molecule has 6 heteroatoms. The molecule has 0 spiro atoms. The molecule has 0 aliphatic heterocycles. The van der Waals surface area contributed by atoms with Crippen LogP contribution in [0.2, 0.25) is 0 Å². The molecule has 1 aromatic heterocycles. The number of aromatic nitrogens is 4. The van der Waals surface area contributed by atoms with Crippen molar-refractivity contribution in [3.63, 3.8) is 0 Å². The van der Waals surface area contributed by atoms with Crippen molar-refractivity contribution in [2.24, 2.45) is 0 Å². The summed E-state index contributed by atoms with van der Waals surface area (Å²) in [6, 6.07) is 0.0376. The maximum atomic E-state index is 10.3. The molecular formula is C5H8N4O2. The van der Waals surface area contributed by atoms with Gasteiger partial charge in [0.15, 0.2) is 0 Å². The third-order valence-corrected chi connectivity index (χ3v) is 1.08. The van der Waals surface area contributed by atoms with Gasteiger partial charge in [0.05, 0.1) is 6.04 Å². The predicted molar refractivity (Wildman–Crippen MR) is 35.2 cm³/mol. The molecule has 0 aromatic carbocycles. The third kappa shape index (κ3) is 1.51. The van der Waals surface area contributed by atoms with E-state index in [9.17, 15) is 4.79 Å². The Kier molecular flexibility index (Phi) is 1.84. The van der Waals surface area contributed by atoms with Crippen LogP contribution < -0.4 is 0 Å². The van der Waals surface area contributed by atoms with Gasteiger partial charge in [0.1, 0.15) is 0 Å². The van der Waals surface area contributed by atoms with Crippen LogP contribution in [-0.4, -0.2) is 31.3 Å². The Bertz CT molecular complexity index is 267. The van der Waals surface area contributed by atoms with Crippen LogP contribution in [0, 0.1) is 0 Å². The van der Waals surface area contributed by atoms with E-state index in [4.69, 9.17) is 5.11 Å². The number of carbonyl (C=O) groups is 1. The fraction of sp³-hybridized carbons (Fsp3) is 0.600. The van der Waals surface area contributed by atoms with Crippen molar-refractivity contribution in [2.45, 2.75) is 19.9 Å². The quantitative estimate of drug-likeness (QED) is 0.649. The van der Waals surface area contributed by atoms with Crippen LogP contribution in [0.4, 0.5) is 0 Å². The van der Waals surface area contributed by atoms with Gasteiger partial charge in [-0.15, -0.1) is 10.2 Å². The Hall–Kier alpha value is -1.46. The Morgan fingerprint density at radius 3 is 2.55 bits per heavy atom. The van der Waals surface area contributed by atoms with Gasteiger partial charge in [-0.25, -0.2) is 4.79 Å². The van der Waals surface area contributed by atoms with Crippen molar-refractivity contribution >= 4 is 5.97 Å². The summed E-state index contributed by atoms with van der Waals surface area (Å²) in [5.74, 6) is -1.42. The lowest BCUT2D eigenvalue weighted by Gasteiger charge is -1.97. The summed E-state index contributed by atoms with van der Waals surface area (Å²) >= 11 is 0. The maximum absolute atomic E-state index is 10.3. The molecule has 0 radical (unpaired) electrons. The first-order chi connectivity index (χ1) is 5.11. The van der Waals surface area contributed by atoms with Gasteiger partial charge < -0.3 is 5.11 Å². The molecule has 0 unspecified atom stereocenters. The molecule has 0 saturated heterocycles. The fourth-order valence-electron chi connectivity index (χ4n) is 0.530. The second-order valence-electron chi connectivity index (χ2n) is 2.33. The Labute approximate surface area is 62.8 Å². The van der Waals surface area contributed by atoms with E-state index in [1.54, 1.807) is 0 Å². The second-order valence-corrected chi connectivity index (χ2v) is 2.33. The summed E-state index contributed by atoms with van der Waals surface area (Å²) in [6.45, 7) is 3.68. The molecule has 0 atom stereocenters. The lowest BCUT2D eigenvalue weighted by Crippen LogP contribution is -2.06. The van der Waals surface area contributed by atoms with Gasteiger partial charge in [0.25, 0.3) is 5.82 Å². The summed E-state index contributed by atoms with van der Waals surface area (Å²) in [6.07, 6.45) is 0. The van der Waals surface area contributed by atoms with E-state index in [0.29, 0.717) is 0 Å². The van der Waals surface area contributed by atoms with Crippen LogP contribution in [0.15, 0.2) is 0 Å². The second kappa shape index (κ2) is 2.65. The molecule has 0 aliphatic rings. The first kappa shape index (κ1) is 7.64. The van der Waals surface area contributed by atoms with Crippen LogP contribution in [0.5, 0.6) is 0 Å². The highest BCUT2D eigenvalue weighted by Crippen LogP contribution is 1.97. The molecule has 0 bridgehead atoms. The zero-order valence-electron chi connectivity index (χ0n) is 6.22. The smallest absolute Gasteiger partial charge is 0.377 e. The number of rotatable bonds is 2. The molecule has 0 aliphatic carbocycles. The van der Waals surface area contributed by atoms with E-state index >= 15 is 0 Å². The third-order valence-electron chi connectivity index (χ3n) is 1.08. The zero-order chi connectivity index (χ0) is 8.43. The average Bonchev–Trinajstić information content (AvgIpc) is 2.33. The van der Waals surface area contributed by atoms with Gasteiger partial charge in [-0.05, 0) is 19.1 Å². The number of hydrogen-bond donors (Lipinski definition) is 1. The summed E-state index contributed by atoms with van der Waals surface area (Å²) in [5.41, 5.74) is 0. The number of aromatic carboxylic acids is 1. The minimum atomic E-state index is -1.16. The lowest BCUT2D eigenvalue weighted by molar-refractivity contribution is 0.0683. The predicted octanol–water partition coefficient (Wildman–Crippen LogP) is -0.0478. The number of carboxylic acid groups (broad SMARTS) is 1. The van der Waals surface area contributed by atoms with Gasteiger partial charge in [-0.2, -0.15) is 4.80 Å². The van der Waals surface area contributed by atoms with Gasteiger partial charge in [-0.1, -0.05) is 0 Å². The Balaban J connectivity index is 2.90. The summed E-state index contributed by atoms with van der Waals surface area (Å²) < 4.78 is 0. The highest BCUT2D eigenvalue weighted by molar-refractivity contribution is 5.82. The van der Waals surface area contributed by atoms with E-state index in [0.717, 1.165) is 0 Å². The van der Waals surface area contributed by atoms with Crippen LogP contribution >= 0.6 is 0 Å². The monoisotopic (exact) mass is 156 g/mol. The van der Waals surface area contributed by atoms with E-state index in [1.807, 2.05) is 13.8 Å². The number of hydrogen-bond acceptors (Lipinski definition) is 4. The van der Waals surface area contributed by atoms with E-state index < -0.39 is 5.97 Å². The summed E-state index contributed by atoms with van der Waals surface area (Å²) in [4.78, 5) is 11.5. The van der Waals surface area contributed by atoms with Crippen molar-refractivity contribution in [3.8, 4) is 0 Å². The Morgan fingerprint density at radius 2 is 2.27 bits per heavy atom. The minimum Gasteiger partial charge on any atom is -0.475 e. The normalized spacial score (nSPS) is 10.5. The highest BCUT2D eigenvalue weighted by atomic mass is 16.4. The topological polar surface area (TPSA) is 80.9 Å². The number of carboxylic acids is 1. The largest absolute Gasteiger partial charge is 0.475 e. The van der Waals surface area contributed by atoms with E-state index in [-0.39, 0.29) is 11.9 Å². The van der Waals surface area contributed by atoms with Gasteiger partial charge in [0, 0.05) is 0 Å².